The first kappa shape index (κ1) is 35.6. The number of aryl methyl sites for hydroxylation is 1. The summed E-state index contributed by atoms with van der Waals surface area (Å²) in [5.41, 5.74) is 1.85. The first-order valence-electron chi connectivity index (χ1n) is 15.8. The summed E-state index contributed by atoms with van der Waals surface area (Å²) in [7, 11) is 0. The molecule has 3 amide bonds. The molecule has 0 bridgehead atoms. The van der Waals surface area contributed by atoms with Gasteiger partial charge in [0.15, 0.2) is 0 Å². The number of hydrogen-bond acceptors (Lipinski definition) is 5. The number of carbonyl (C=O) groups excluding carboxylic acids is 3. The summed E-state index contributed by atoms with van der Waals surface area (Å²) in [6, 6.07) is 12.4. The van der Waals surface area contributed by atoms with E-state index in [1.54, 1.807) is 49.9 Å². The molecule has 8 heteroatoms. The fourth-order valence-electron chi connectivity index (χ4n) is 4.92. The van der Waals surface area contributed by atoms with E-state index in [1.807, 2.05) is 38.1 Å². The van der Waals surface area contributed by atoms with Crippen LogP contribution < -0.4 is 10.6 Å². The summed E-state index contributed by atoms with van der Waals surface area (Å²) < 4.78 is 5.52. The van der Waals surface area contributed by atoms with E-state index in [-0.39, 0.29) is 30.0 Å². The van der Waals surface area contributed by atoms with Crippen molar-refractivity contribution in [3.05, 3.63) is 65.2 Å². The third kappa shape index (κ3) is 12.7. The van der Waals surface area contributed by atoms with Gasteiger partial charge in [-0.15, -0.1) is 0 Å². The maximum atomic E-state index is 14.5. The third-order valence-corrected chi connectivity index (χ3v) is 7.10. The lowest BCUT2D eigenvalue weighted by Crippen LogP contribution is -2.54. The molecule has 0 aliphatic rings. The van der Waals surface area contributed by atoms with Gasteiger partial charge in [0.05, 0.1) is 0 Å². The molecule has 8 nitrogen and oxygen atoms in total. The van der Waals surface area contributed by atoms with E-state index in [2.05, 4.69) is 24.5 Å². The number of aromatic hydroxyl groups is 1. The van der Waals surface area contributed by atoms with Crippen molar-refractivity contribution in [2.24, 2.45) is 0 Å². The quantitative estimate of drug-likeness (QED) is 0.184. The highest BCUT2D eigenvalue weighted by Gasteiger charge is 2.36. The molecule has 2 rings (SSSR count). The maximum absolute atomic E-state index is 14.5. The summed E-state index contributed by atoms with van der Waals surface area (Å²) in [6.07, 6.45) is 6.47. The van der Waals surface area contributed by atoms with Gasteiger partial charge in [0.25, 0.3) is 0 Å². The lowest BCUT2D eigenvalue weighted by molar-refractivity contribution is -0.142. The number of amides is 3. The predicted molar refractivity (Wildman–Crippen MR) is 172 cm³/mol. The molecule has 2 atom stereocenters. The van der Waals surface area contributed by atoms with Crippen LogP contribution in [0.4, 0.5) is 4.79 Å². The SMILES string of the molecule is CCCCCCCCN(C(=O)C(Cc1ccc(O)cc1)NC(=O)OC(C)(C)C)C(C(=O)NC(C)C)c1ccc(CC)cc1. The molecule has 3 N–H and O–H groups in total. The number of nitrogens with zero attached hydrogens (tertiary/aromatic N) is 1. The molecule has 43 heavy (non-hydrogen) atoms. The Labute approximate surface area is 258 Å². The van der Waals surface area contributed by atoms with Crippen molar-refractivity contribution in [1.29, 1.82) is 0 Å². The van der Waals surface area contributed by atoms with Crippen molar-refractivity contribution in [3.63, 3.8) is 0 Å². The number of alkyl carbamates (subject to hydrolysis) is 1. The Hall–Kier alpha value is -3.55. The number of unbranched alkanes of at least 4 members (excludes halogenated alkanes) is 5. The number of nitrogens with one attached hydrogen (secondary N) is 2. The molecule has 0 heterocycles. The molecule has 0 spiro atoms. The fraction of sp³-hybridized carbons (Fsp3) is 0.571. The van der Waals surface area contributed by atoms with Crippen molar-refractivity contribution in [1.82, 2.24) is 15.5 Å². The molecule has 0 aliphatic heterocycles. The summed E-state index contributed by atoms with van der Waals surface area (Å²) >= 11 is 0. The highest BCUT2D eigenvalue weighted by atomic mass is 16.6. The molecule has 2 aromatic carbocycles. The average Bonchev–Trinajstić information content (AvgIpc) is 2.93. The first-order valence-corrected chi connectivity index (χ1v) is 15.8. The van der Waals surface area contributed by atoms with Gasteiger partial charge in [0.2, 0.25) is 11.8 Å². The van der Waals surface area contributed by atoms with Gasteiger partial charge in [-0.2, -0.15) is 0 Å². The minimum atomic E-state index is -0.997. The van der Waals surface area contributed by atoms with E-state index < -0.39 is 23.8 Å². The Morgan fingerprint density at radius 1 is 0.837 bits per heavy atom. The molecule has 0 fully saturated rings. The summed E-state index contributed by atoms with van der Waals surface area (Å²) in [5, 5.41) is 15.6. The number of phenols is 1. The Morgan fingerprint density at radius 3 is 1.98 bits per heavy atom. The van der Waals surface area contributed by atoms with Crippen molar-refractivity contribution in [3.8, 4) is 5.75 Å². The lowest BCUT2D eigenvalue weighted by Gasteiger charge is -2.35. The molecule has 0 aromatic heterocycles. The van der Waals surface area contributed by atoms with Gasteiger partial charge in [-0.05, 0) is 76.3 Å². The number of rotatable bonds is 16. The van der Waals surface area contributed by atoms with Crippen molar-refractivity contribution in [2.75, 3.05) is 6.54 Å². The van der Waals surface area contributed by atoms with Crippen LogP contribution in [0.25, 0.3) is 0 Å². The predicted octanol–water partition coefficient (Wildman–Crippen LogP) is 6.85. The molecule has 2 unspecified atom stereocenters. The van der Waals surface area contributed by atoms with E-state index in [9.17, 15) is 19.5 Å². The second-order valence-electron chi connectivity index (χ2n) is 12.5. The van der Waals surface area contributed by atoms with Crippen molar-refractivity contribution < 1.29 is 24.2 Å². The van der Waals surface area contributed by atoms with Crippen LogP contribution >= 0.6 is 0 Å². The van der Waals surface area contributed by atoms with Crippen LogP contribution in [0, 0.1) is 0 Å². The second-order valence-corrected chi connectivity index (χ2v) is 12.5. The Balaban J connectivity index is 2.53. The number of hydrogen-bond donors (Lipinski definition) is 3. The maximum Gasteiger partial charge on any atom is 0.408 e. The van der Waals surface area contributed by atoms with Gasteiger partial charge in [-0.3, -0.25) is 9.59 Å². The van der Waals surface area contributed by atoms with Gasteiger partial charge in [-0.1, -0.05) is 82.3 Å². The number of phenolic OH excluding ortho intramolecular Hbond substituents is 1. The Bertz CT molecular complexity index is 1140. The number of carbonyl (C=O) groups is 3. The molecule has 0 radical (unpaired) electrons. The van der Waals surface area contributed by atoms with E-state index >= 15 is 0 Å². The second kappa shape index (κ2) is 17.5. The molecule has 238 valence electrons. The molecular formula is C35H53N3O5. The van der Waals surface area contributed by atoms with Crippen LogP contribution in [-0.2, 0) is 27.2 Å². The molecule has 0 saturated carbocycles. The Morgan fingerprint density at radius 2 is 1.42 bits per heavy atom. The summed E-state index contributed by atoms with van der Waals surface area (Å²) in [6.45, 7) is 13.7. The average molecular weight is 596 g/mol. The molecular weight excluding hydrogens is 542 g/mol. The van der Waals surface area contributed by atoms with Gasteiger partial charge in [0.1, 0.15) is 23.4 Å². The topological polar surface area (TPSA) is 108 Å². The summed E-state index contributed by atoms with van der Waals surface area (Å²) in [4.78, 5) is 42.9. The highest BCUT2D eigenvalue weighted by Crippen LogP contribution is 2.26. The van der Waals surface area contributed by atoms with Crippen molar-refractivity contribution in [2.45, 2.75) is 124 Å². The number of benzene rings is 2. The lowest BCUT2D eigenvalue weighted by atomic mass is 9.98. The van der Waals surface area contributed by atoms with Crippen LogP contribution in [0.5, 0.6) is 5.75 Å². The fourth-order valence-corrected chi connectivity index (χ4v) is 4.92. The van der Waals surface area contributed by atoms with Crippen LogP contribution in [0.15, 0.2) is 48.5 Å². The molecule has 0 saturated heterocycles. The van der Waals surface area contributed by atoms with Gasteiger partial charge in [0, 0.05) is 19.0 Å². The van der Waals surface area contributed by atoms with Crippen LogP contribution in [0.3, 0.4) is 0 Å². The largest absolute Gasteiger partial charge is 0.508 e. The zero-order valence-corrected chi connectivity index (χ0v) is 27.2. The third-order valence-electron chi connectivity index (χ3n) is 7.10. The van der Waals surface area contributed by atoms with Gasteiger partial charge < -0.3 is 25.4 Å². The summed E-state index contributed by atoms with van der Waals surface area (Å²) in [5.74, 6) is -0.521. The highest BCUT2D eigenvalue weighted by molar-refractivity contribution is 5.92. The minimum absolute atomic E-state index is 0.109. The molecule has 0 aliphatic carbocycles. The van der Waals surface area contributed by atoms with Gasteiger partial charge >= 0.3 is 6.09 Å². The van der Waals surface area contributed by atoms with E-state index in [0.717, 1.165) is 55.2 Å². The van der Waals surface area contributed by atoms with Crippen LogP contribution in [0.1, 0.15) is 110 Å². The monoisotopic (exact) mass is 595 g/mol. The number of ether oxygens (including phenoxy) is 1. The van der Waals surface area contributed by atoms with Crippen molar-refractivity contribution >= 4 is 17.9 Å². The minimum Gasteiger partial charge on any atom is -0.508 e. The first-order chi connectivity index (χ1) is 20.3. The van der Waals surface area contributed by atoms with E-state index in [1.165, 1.54) is 6.42 Å². The standard InChI is InChI=1S/C35H53N3O5/c1-8-10-11-12-13-14-23-38(31(32(40)36-25(3)4)28-19-15-26(9-2)16-20-28)33(41)30(37-34(42)43-35(5,6)7)24-27-17-21-29(39)22-18-27/h15-22,25,30-31,39H,8-14,23-24H2,1-7H3,(H,36,40)(H,37,42). The normalized spacial score (nSPS) is 12.8. The van der Waals surface area contributed by atoms with Crippen LogP contribution in [0.2, 0.25) is 0 Å². The smallest absolute Gasteiger partial charge is 0.408 e. The van der Waals surface area contributed by atoms with E-state index in [0.29, 0.717) is 6.54 Å². The zero-order valence-electron chi connectivity index (χ0n) is 27.2. The zero-order chi connectivity index (χ0) is 32.0. The van der Waals surface area contributed by atoms with E-state index in [4.69, 9.17) is 4.74 Å². The van der Waals surface area contributed by atoms with Gasteiger partial charge in [-0.25, -0.2) is 4.79 Å². The Kier molecular flexibility index (Phi) is 14.5. The van der Waals surface area contributed by atoms with Crippen LogP contribution in [-0.4, -0.2) is 52.1 Å². The molecule has 2 aromatic rings.